The van der Waals surface area contributed by atoms with Crippen LogP contribution in [-0.2, 0) is 4.74 Å². The Morgan fingerprint density at radius 3 is 2.82 bits per heavy atom. The first-order valence-electron chi connectivity index (χ1n) is 9.25. The summed E-state index contributed by atoms with van der Waals surface area (Å²) in [5, 5.41) is 4.61. The maximum Gasteiger partial charge on any atom is 0.351 e. The number of aromatic nitrogens is 5. The molecule has 1 aliphatic heterocycles. The van der Waals surface area contributed by atoms with Crippen LogP contribution in [0.1, 0.15) is 11.3 Å². The van der Waals surface area contributed by atoms with Gasteiger partial charge in [-0.15, -0.1) is 0 Å². The van der Waals surface area contributed by atoms with E-state index in [9.17, 15) is 0 Å². The number of morpholine rings is 1. The van der Waals surface area contributed by atoms with E-state index in [0.717, 1.165) is 35.6 Å². The number of rotatable bonds is 3. The number of aryl methyl sites for hydroxylation is 2. The molecule has 4 N–H and O–H groups in total. The highest BCUT2D eigenvalue weighted by atomic mass is 79.9. The number of halogens is 1. The van der Waals surface area contributed by atoms with Gasteiger partial charge >= 0.3 is 5.95 Å². The highest BCUT2D eigenvalue weighted by molar-refractivity contribution is 9.10. The number of nitrogens with zero attached hydrogens (tertiary/aromatic N) is 3. The SMILES string of the molecule is Cc1[nH]c2ccc(Nc3nc4nc(Br)[nH]c4c(N4CCOCC4)[nH+]3)cc2c1C. The van der Waals surface area contributed by atoms with Gasteiger partial charge in [0.1, 0.15) is 0 Å². The second kappa shape index (κ2) is 6.75. The van der Waals surface area contributed by atoms with E-state index in [1.807, 2.05) is 6.07 Å². The van der Waals surface area contributed by atoms with Crippen LogP contribution in [0.4, 0.5) is 17.5 Å². The van der Waals surface area contributed by atoms with E-state index >= 15 is 0 Å². The topological polar surface area (TPSA) is 96.0 Å². The Labute approximate surface area is 169 Å². The van der Waals surface area contributed by atoms with Gasteiger partial charge in [0.2, 0.25) is 11.5 Å². The molecule has 0 aliphatic carbocycles. The number of nitrogens with one attached hydrogen (secondary N) is 4. The summed E-state index contributed by atoms with van der Waals surface area (Å²) in [5.41, 5.74) is 6.10. The summed E-state index contributed by atoms with van der Waals surface area (Å²) in [7, 11) is 0. The third kappa shape index (κ3) is 3.00. The molecule has 1 aliphatic rings. The van der Waals surface area contributed by atoms with Gasteiger partial charge in [0.05, 0.1) is 32.0 Å². The van der Waals surface area contributed by atoms with E-state index in [1.165, 1.54) is 16.6 Å². The lowest BCUT2D eigenvalue weighted by molar-refractivity contribution is -0.349. The maximum atomic E-state index is 5.49. The Morgan fingerprint density at radius 1 is 1.18 bits per heavy atom. The van der Waals surface area contributed by atoms with Crippen molar-refractivity contribution < 1.29 is 9.72 Å². The summed E-state index contributed by atoms with van der Waals surface area (Å²) < 4.78 is 6.16. The van der Waals surface area contributed by atoms with Crippen LogP contribution < -0.4 is 15.2 Å². The van der Waals surface area contributed by atoms with Crippen LogP contribution in [0.25, 0.3) is 22.1 Å². The van der Waals surface area contributed by atoms with Crippen molar-refractivity contribution in [3.05, 3.63) is 34.2 Å². The van der Waals surface area contributed by atoms with Gasteiger partial charge in [-0.2, -0.15) is 4.98 Å². The largest absolute Gasteiger partial charge is 0.376 e. The quantitative estimate of drug-likeness (QED) is 0.423. The average molecular weight is 443 g/mol. The molecule has 0 amide bonds. The highest BCUT2D eigenvalue weighted by Gasteiger charge is 2.24. The Kier molecular flexibility index (Phi) is 4.21. The molecule has 9 heteroatoms. The predicted molar refractivity (Wildman–Crippen MR) is 112 cm³/mol. The molecule has 144 valence electrons. The minimum absolute atomic E-state index is 0.650. The van der Waals surface area contributed by atoms with Crippen molar-refractivity contribution in [3.8, 4) is 0 Å². The van der Waals surface area contributed by atoms with E-state index in [4.69, 9.17) is 4.74 Å². The van der Waals surface area contributed by atoms with Crippen LogP contribution >= 0.6 is 15.9 Å². The number of hydrogen-bond donors (Lipinski definition) is 3. The molecule has 8 nitrogen and oxygen atoms in total. The molecular formula is C19H21BrN7O+. The van der Waals surface area contributed by atoms with Gasteiger partial charge in [-0.1, -0.05) is 4.98 Å². The van der Waals surface area contributed by atoms with Gasteiger partial charge in [0.15, 0.2) is 10.3 Å². The summed E-state index contributed by atoms with van der Waals surface area (Å²) >= 11 is 3.42. The van der Waals surface area contributed by atoms with Crippen molar-refractivity contribution in [1.29, 1.82) is 0 Å². The first-order valence-corrected chi connectivity index (χ1v) is 10.0. The molecule has 28 heavy (non-hydrogen) atoms. The van der Waals surface area contributed by atoms with E-state index in [1.54, 1.807) is 0 Å². The van der Waals surface area contributed by atoms with Crippen molar-refractivity contribution in [2.75, 3.05) is 36.5 Å². The number of fused-ring (bicyclic) bond motifs is 2. The lowest BCUT2D eigenvalue weighted by Crippen LogP contribution is -2.40. The standard InChI is InChI=1S/C19H20BrN7O/c1-10-11(2)21-14-4-3-12(9-13(10)14)22-19-25-16-15(23-18(20)24-16)17(26-19)27-5-7-28-8-6-27/h3-4,9,21H,5-8H2,1-2H3,(H2,22,23,24,25,26)/p+1. The summed E-state index contributed by atoms with van der Waals surface area (Å²) in [6, 6.07) is 6.28. The van der Waals surface area contributed by atoms with E-state index in [0.29, 0.717) is 29.5 Å². The molecule has 4 heterocycles. The zero-order valence-corrected chi connectivity index (χ0v) is 17.3. The van der Waals surface area contributed by atoms with Crippen LogP contribution in [0.5, 0.6) is 0 Å². The fourth-order valence-electron chi connectivity index (χ4n) is 3.65. The second-order valence-electron chi connectivity index (χ2n) is 7.02. The van der Waals surface area contributed by atoms with Gasteiger partial charge in [-0.05, 0) is 53.5 Å². The maximum absolute atomic E-state index is 5.49. The van der Waals surface area contributed by atoms with E-state index < -0.39 is 0 Å². The number of hydrogen-bond acceptors (Lipinski definition) is 5. The number of aromatic amines is 3. The lowest BCUT2D eigenvalue weighted by atomic mass is 10.1. The van der Waals surface area contributed by atoms with Gasteiger partial charge in [-0.3, -0.25) is 5.32 Å². The molecule has 0 saturated carbocycles. The number of ether oxygens (including phenoxy) is 1. The first-order chi connectivity index (χ1) is 13.6. The summed E-state index contributed by atoms with van der Waals surface area (Å²) in [4.78, 5) is 21.5. The zero-order valence-electron chi connectivity index (χ0n) is 15.7. The average Bonchev–Trinajstić information content (AvgIpc) is 3.21. The highest BCUT2D eigenvalue weighted by Crippen LogP contribution is 2.27. The summed E-state index contributed by atoms with van der Waals surface area (Å²) in [6.07, 6.45) is 0. The number of benzene rings is 1. The molecule has 1 aromatic carbocycles. The second-order valence-corrected chi connectivity index (χ2v) is 7.77. The molecule has 1 fully saturated rings. The van der Waals surface area contributed by atoms with Crippen LogP contribution in [0.2, 0.25) is 0 Å². The molecule has 5 rings (SSSR count). The van der Waals surface area contributed by atoms with Gasteiger partial charge in [0, 0.05) is 16.6 Å². The fraction of sp³-hybridized carbons (Fsp3) is 0.316. The van der Waals surface area contributed by atoms with Crippen LogP contribution in [0.15, 0.2) is 22.9 Å². The Bertz CT molecular complexity index is 1180. The van der Waals surface area contributed by atoms with E-state index in [-0.39, 0.29) is 0 Å². The monoisotopic (exact) mass is 442 g/mol. The van der Waals surface area contributed by atoms with E-state index in [2.05, 4.69) is 77.0 Å². The van der Waals surface area contributed by atoms with Crippen molar-refractivity contribution in [1.82, 2.24) is 19.9 Å². The third-order valence-corrected chi connectivity index (χ3v) is 5.62. The van der Waals surface area contributed by atoms with Gasteiger partial charge < -0.3 is 19.6 Å². The zero-order chi connectivity index (χ0) is 19.3. The first kappa shape index (κ1) is 17.4. The smallest absolute Gasteiger partial charge is 0.351 e. The molecule has 4 aromatic rings. The lowest BCUT2D eigenvalue weighted by Gasteiger charge is -2.24. The van der Waals surface area contributed by atoms with Crippen molar-refractivity contribution in [3.63, 3.8) is 0 Å². The van der Waals surface area contributed by atoms with Crippen LogP contribution in [0, 0.1) is 13.8 Å². The Hall–Kier alpha value is -2.65. The molecule has 0 atom stereocenters. The molecule has 3 aromatic heterocycles. The van der Waals surface area contributed by atoms with Crippen LogP contribution in [-0.4, -0.2) is 46.2 Å². The summed E-state index contributed by atoms with van der Waals surface area (Å²) in [5.74, 6) is 1.61. The molecule has 0 bridgehead atoms. The Balaban J connectivity index is 1.56. The molecule has 0 spiro atoms. The molecular weight excluding hydrogens is 422 g/mol. The van der Waals surface area contributed by atoms with Gasteiger partial charge in [-0.25, -0.2) is 4.98 Å². The predicted octanol–water partition coefficient (Wildman–Crippen LogP) is 3.21. The summed E-state index contributed by atoms with van der Waals surface area (Å²) in [6.45, 7) is 7.28. The minimum Gasteiger partial charge on any atom is -0.376 e. The number of anilines is 3. The third-order valence-electron chi connectivity index (χ3n) is 5.25. The number of imidazole rings is 1. The van der Waals surface area contributed by atoms with Gasteiger partial charge in [0.25, 0.3) is 0 Å². The molecule has 0 radical (unpaired) electrons. The molecule has 0 unspecified atom stereocenters. The minimum atomic E-state index is 0.650. The number of H-pyrrole nitrogens is 3. The normalized spacial score (nSPS) is 14.9. The Morgan fingerprint density at radius 2 is 2.00 bits per heavy atom. The fourth-order valence-corrected chi connectivity index (χ4v) is 4.02. The van der Waals surface area contributed by atoms with Crippen molar-refractivity contribution >= 4 is 55.5 Å². The molecule has 1 saturated heterocycles. The van der Waals surface area contributed by atoms with Crippen molar-refractivity contribution in [2.45, 2.75) is 13.8 Å². The van der Waals surface area contributed by atoms with Crippen molar-refractivity contribution in [2.24, 2.45) is 0 Å². The van der Waals surface area contributed by atoms with Crippen LogP contribution in [0.3, 0.4) is 0 Å².